The molecule has 90 valence electrons. The third-order valence-electron chi connectivity index (χ3n) is 3.13. The molecule has 1 nitrogen and oxygen atoms in total. The van der Waals surface area contributed by atoms with E-state index in [0.717, 1.165) is 19.3 Å². The van der Waals surface area contributed by atoms with Gasteiger partial charge in [0.25, 0.3) is 0 Å². The maximum atomic E-state index is 6.00. The summed E-state index contributed by atoms with van der Waals surface area (Å²) >= 11 is 0. The van der Waals surface area contributed by atoms with Gasteiger partial charge in [0.05, 0.1) is 0 Å². The molecule has 16 heavy (non-hydrogen) atoms. The summed E-state index contributed by atoms with van der Waals surface area (Å²) in [5.41, 5.74) is 10.4. The van der Waals surface area contributed by atoms with Crippen LogP contribution in [0.15, 0.2) is 18.2 Å². The van der Waals surface area contributed by atoms with E-state index in [1.165, 1.54) is 23.1 Å². The standard InChI is InChI=1S/C15H25N/c1-5-14-12(2)8-6-9-13(14)10-7-11-15(3,4)16/h6,8-9H,5,7,10-11,16H2,1-4H3. The summed E-state index contributed by atoms with van der Waals surface area (Å²) in [6, 6.07) is 6.63. The van der Waals surface area contributed by atoms with Crippen molar-refractivity contribution in [2.24, 2.45) is 5.73 Å². The van der Waals surface area contributed by atoms with Crippen molar-refractivity contribution < 1.29 is 0 Å². The van der Waals surface area contributed by atoms with Crippen LogP contribution < -0.4 is 5.73 Å². The molecule has 0 heterocycles. The van der Waals surface area contributed by atoms with E-state index in [1.54, 1.807) is 0 Å². The van der Waals surface area contributed by atoms with Crippen LogP contribution in [0.4, 0.5) is 0 Å². The molecule has 0 unspecified atom stereocenters. The minimum absolute atomic E-state index is 0.0315. The van der Waals surface area contributed by atoms with E-state index in [-0.39, 0.29) is 5.54 Å². The maximum absolute atomic E-state index is 6.00. The summed E-state index contributed by atoms with van der Waals surface area (Å²) in [4.78, 5) is 0. The molecule has 2 N–H and O–H groups in total. The Kier molecular flexibility index (Phi) is 4.55. The van der Waals surface area contributed by atoms with Crippen LogP contribution in [-0.2, 0) is 12.8 Å². The molecule has 0 radical (unpaired) electrons. The first-order chi connectivity index (χ1) is 7.44. The fourth-order valence-corrected chi connectivity index (χ4v) is 2.24. The van der Waals surface area contributed by atoms with Gasteiger partial charge < -0.3 is 5.73 Å². The minimum atomic E-state index is -0.0315. The van der Waals surface area contributed by atoms with Gasteiger partial charge in [-0.25, -0.2) is 0 Å². The molecule has 0 spiro atoms. The number of rotatable bonds is 5. The van der Waals surface area contributed by atoms with Crippen molar-refractivity contribution in [1.82, 2.24) is 0 Å². The lowest BCUT2D eigenvalue weighted by atomic mass is 9.92. The van der Waals surface area contributed by atoms with Crippen LogP contribution in [0.5, 0.6) is 0 Å². The summed E-state index contributed by atoms with van der Waals surface area (Å²) in [7, 11) is 0. The highest BCUT2D eigenvalue weighted by Crippen LogP contribution is 2.18. The summed E-state index contributed by atoms with van der Waals surface area (Å²) < 4.78 is 0. The fourth-order valence-electron chi connectivity index (χ4n) is 2.24. The monoisotopic (exact) mass is 219 g/mol. The highest BCUT2D eigenvalue weighted by atomic mass is 14.7. The largest absolute Gasteiger partial charge is 0.326 e. The molecule has 0 aliphatic rings. The normalized spacial score (nSPS) is 11.8. The van der Waals surface area contributed by atoms with Gasteiger partial charge in [-0.1, -0.05) is 25.1 Å². The van der Waals surface area contributed by atoms with E-state index in [9.17, 15) is 0 Å². The average Bonchev–Trinajstić information content (AvgIpc) is 2.16. The van der Waals surface area contributed by atoms with Crippen molar-refractivity contribution in [3.63, 3.8) is 0 Å². The summed E-state index contributed by atoms with van der Waals surface area (Å²) in [6.07, 6.45) is 4.56. The van der Waals surface area contributed by atoms with E-state index in [2.05, 4.69) is 45.9 Å². The molecular formula is C15H25N. The van der Waals surface area contributed by atoms with Crippen LogP contribution in [0.1, 0.15) is 50.3 Å². The number of nitrogens with two attached hydrogens (primary N) is 1. The van der Waals surface area contributed by atoms with Gasteiger partial charge in [0.15, 0.2) is 0 Å². The van der Waals surface area contributed by atoms with Crippen molar-refractivity contribution in [3.05, 3.63) is 34.9 Å². The zero-order chi connectivity index (χ0) is 12.2. The number of hydrogen-bond acceptors (Lipinski definition) is 1. The lowest BCUT2D eigenvalue weighted by Crippen LogP contribution is -2.31. The predicted octanol–water partition coefficient (Wildman–Crippen LogP) is 3.62. The Morgan fingerprint density at radius 1 is 1.25 bits per heavy atom. The van der Waals surface area contributed by atoms with Crippen LogP contribution >= 0.6 is 0 Å². The SMILES string of the molecule is CCc1c(C)cccc1CCCC(C)(C)N. The number of hydrogen-bond donors (Lipinski definition) is 1. The Hall–Kier alpha value is -0.820. The van der Waals surface area contributed by atoms with Crippen LogP contribution in [0.3, 0.4) is 0 Å². The van der Waals surface area contributed by atoms with Gasteiger partial charge in [-0.2, -0.15) is 0 Å². The molecule has 1 rings (SSSR count). The van der Waals surface area contributed by atoms with Gasteiger partial charge in [0, 0.05) is 5.54 Å². The first-order valence-corrected chi connectivity index (χ1v) is 6.30. The van der Waals surface area contributed by atoms with Crippen molar-refractivity contribution in [2.45, 2.75) is 58.9 Å². The molecule has 0 atom stereocenters. The predicted molar refractivity (Wildman–Crippen MR) is 71.8 cm³/mol. The molecule has 1 aromatic rings. The van der Waals surface area contributed by atoms with E-state index in [4.69, 9.17) is 5.73 Å². The maximum Gasteiger partial charge on any atom is 0.00971 e. The zero-order valence-electron chi connectivity index (χ0n) is 11.1. The topological polar surface area (TPSA) is 26.0 Å². The average molecular weight is 219 g/mol. The molecule has 0 saturated carbocycles. The van der Waals surface area contributed by atoms with Crippen LogP contribution in [0.2, 0.25) is 0 Å². The van der Waals surface area contributed by atoms with E-state index < -0.39 is 0 Å². The Labute approximate surface area is 100 Å². The molecule has 0 aliphatic carbocycles. The lowest BCUT2D eigenvalue weighted by molar-refractivity contribution is 0.459. The molecule has 1 aromatic carbocycles. The molecule has 0 saturated heterocycles. The Morgan fingerprint density at radius 2 is 1.94 bits per heavy atom. The molecule has 0 aromatic heterocycles. The van der Waals surface area contributed by atoms with E-state index in [1.807, 2.05) is 0 Å². The molecule has 0 aliphatic heterocycles. The Morgan fingerprint density at radius 3 is 2.50 bits per heavy atom. The highest BCUT2D eigenvalue weighted by molar-refractivity contribution is 5.34. The van der Waals surface area contributed by atoms with Crippen LogP contribution in [-0.4, -0.2) is 5.54 Å². The number of benzene rings is 1. The van der Waals surface area contributed by atoms with E-state index in [0.29, 0.717) is 0 Å². The Balaban J connectivity index is 2.64. The van der Waals surface area contributed by atoms with Gasteiger partial charge >= 0.3 is 0 Å². The van der Waals surface area contributed by atoms with Crippen molar-refractivity contribution >= 4 is 0 Å². The van der Waals surface area contributed by atoms with E-state index >= 15 is 0 Å². The first kappa shape index (κ1) is 13.2. The molecular weight excluding hydrogens is 194 g/mol. The zero-order valence-corrected chi connectivity index (χ0v) is 11.1. The minimum Gasteiger partial charge on any atom is -0.326 e. The van der Waals surface area contributed by atoms with Crippen molar-refractivity contribution in [1.29, 1.82) is 0 Å². The molecule has 0 bridgehead atoms. The highest BCUT2D eigenvalue weighted by Gasteiger charge is 2.10. The van der Waals surface area contributed by atoms with Gasteiger partial charge in [-0.3, -0.25) is 0 Å². The fraction of sp³-hybridized carbons (Fsp3) is 0.600. The second-order valence-corrected chi connectivity index (χ2v) is 5.41. The summed E-state index contributed by atoms with van der Waals surface area (Å²) in [6.45, 7) is 8.64. The van der Waals surface area contributed by atoms with Gasteiger partial charge in [-0.15, -0.1) is 0 Å². The second kappa shape index (κ2) is 5.49. The van der Waals surface area contributed by atoms with Crippen LogP contribution in [0, 0.1) is 6.92 Å². The van der Waals surface area contributed by atoms with Gasteiger partial charge in [0.1, 0.15) is 0 Å². The van der Waals surface area contributed by atoms with Crippen molar-refractivity contribution in [3.8, 4) is 0 Å². The first-order valence-electron chi connectivity index (χ1n) is 6.30. The molecule has 0 amide bonds. The smallest absolute Gasteiger partial charge is 0.00971 e. The second-order valence-electron chi connectivity index (χ2n) is 5.41. The molecule has 0 fully saturated rings. The summed E-state index contributed by atoms with van der Waals surface area (Å²) in [5.74, 6) is 0. The summed E-state index contributed by atoms with van der Waals surface area (Å²) in [5, 5.41) is 0. The van der Waals surface area contributed by atoms with Gasteiger partial charge in [0.2, 0.25) is 0 Å². The van der Waals surface area contributed by atoms with Gasteiger partial charge in [-0.05, 0) is 63.1 Å². The quantitative estimate of drug-likeness (QED) is 0.804. The third-order valence-corrected chi connectivity index (χ3v) is 3.13. The number of aryl methyl sites for hydroxylation is 2. The van der Waals surface area contributed by atoms with Crippen molar-refractivity contribution in [2.75, 3.05) is 0 Å². The third kappa shape index (κ3) is 3.97. The molecule has 1 heteroatoms. The van der Waals surface area contributed by atoms with Crippen LogP contribution in [0.25, 0.3) is 0 Å². The Bertz CT molecular complexity index is 334. The lowest BCUT2D eigenvalue weighted by Gasteiger charge is -2.18.